The van der Waals surface area contributed by atoms with E-state index in [0.717, 1.165) is 32.1 Å². The Morgan fingerprint density at radius 2 is 1.00 bits per heavy atom. The number of hydrogen-bond acceptors (Lipinski definition) is 3. The van der Waals surface area contributed by atoms with Crippen LogP contribution >= 0.6 is 0 Å². The summed E-state index contributed by atoms with van der Waals surface area (Å²) in [6.07, 6.45) is 14.6. The van der Waals surface area contributed by atoms with Crippen molar-refractivity contribution in [1.29, 1.82) is 0 Å². The van der Waals surface area contributed by atoms with Gasteiger partial charge >= 0.3 is 5.97 Å². The Morgan fingerprint density at radius 3 is 1.33 bits per heavy atom. The molecule has 126 valence electrons. The van der Waals surface area contributed by atoms with Crippen LogP contribution in [0.2, 0.25) is 0 Å². The van der Waals surface area contributed by atoms with E-state index in [-0.39, 0.29) is 0 Å². The van der Waals surface area contributed by atoms with Gasteiger partial charge < -0.3 is 15.3 Å². The lowest BCUT2D eigenvalue weighted by molar-refractivity contribution is -0.146. The minimum Gasteiger partial charge on any atom is -0.479 e. The molecule has 0 aliphatic carbocycles. The van der Waals surface area contributed by atoms with Crippen molar-refractivity contribution in [3.05, 3.63) is 0 Å². The lowest BCUT2D eigenvalue weighted by Gasteiger charge is -2.05. The summed E-state index contributed by atoms with van der Waals surface area (Å²) in [7, 11) is 0. The van der Waals surface area contributed by atoms with Gasteiger partial charge in [-0.1, -0.05) is 77.0 Å². The van der Waals surface area contributed by atoms with Gasteiger partial charge in [0.1, 0.15) is 0 Å². The van der Waals surface area contributed by atoms with E-state index >= 15 is 0 Å². The van der Waals surface area contributed by atoms with Gasteiger partial charge in [-0.2, -0.15) is 0 Å². The van der Waals surface area contributed by atoms with Gasteiger partial charge in [0.2, 0.25) is 0 Å². The fourth-order valence-electron chi connectivity index (χ4n) is 2.52. The number of hydrogen-bond donors (Lipinski definition) is 3. The maximum Gasteiger partial charge on any atom is 0.332 e. The zero-order chi connectivity index (χ0) is 15.8. The first-order valence-corrected chi connectivity index (χ1v) is 8.70. The third kappa shape index (κ3) is 15.6. The fourth-order valence-corrected chi connectivity index (χ4v) is 2.52. The highest BCUT2D eigenvalue weighted by Gasteiger charge is 2.11. The van der Waals surface area contributed by atoms with Crippen LogP contribution in [-0.4, -0.2) is 34.0 Å². The van der Waals surface area contributed by atoms with Crippen molar-refractivity contribution < 1.29 is 20.1 Å². The van der Waals surface area contributed by atoms with E-state index < -0.39 is 12.1 Å². The summed E-state index contributed by atoms with van der Waals surface area (Å²) in [5.74, 6) is -1.11. The summed E-state index contributed by atoms with van der Waals surface area (Å²) in [6, 6.07) is 0. The smallest absolute Gasteiger partial charge is 0.332 e. The van der Waals surface area contributed by atoms with E-state index in [1.54, 1.807) is 0 Å². The molecule has 0 amide bonds. The molecule has 1 unspecified atom stereocenters. The molecule has 1 atom stereocenters. The number of rotatable bonds is 16. The monoisotopic (exact) mass is 302 g/mol. The van der Waals surface area contributed by atoms with Crippen molar-refractivity contribution in [3.63, 3.8) is 0 Å². The summed E-state index contributed by atoms with van der Waals surface area (Å²) in [4.78, 5) is 10.4. The Kier molecular flexibility index (Phi) is 15.3. The van der Waals surface area contributed by atoms with Gasteiger partial charge in [-0.25, -0.2) is 4.79 Å². The minimum atomic E-state index is -1.18. The van der Waals surface area contributed by atoms with E-state index in [4.69, 9.17) is 15.3 Å². The lowest BCUT2D eigenvalue weighted by Crippen LogP contribution is -2.18. The Balaban J connectivity index is 3.04. The molecule has 0 bridgehead atoms. The van der Waals surface area contributed by atoms with Crippen LogP contribution < -0.4 is 0 Å². The van der Waals surface area contributed by atoms with Crippen molar-refractivity contribution in [3.8, 4) is 0 Å². The summed E-state index contributed by atoms with van der Waals surface area (Å²) >= 11 is 0. The first-order valence-electron chi connectivity index (χ1n) is 8.70. The molecule has 0 aromatic carbocycles. The minimum absolute atomic E-state index is 0.329. The number of carboxylic acid groups (broad SMARTS) is 1. The molecule has 0 rings (SSSR count). The van der Waals surface area contributed by atoms with Crippen LogP contribution in [0.4, 0.5) is 0 Å². The topological polar surface area (TPSA) is 77.8 Å². The standard InChI is InChI=1S/C17H34O4/c18-15-13-11-9-7-5-3-1-2-4-6-8-10-12-14-16(19)17(20)21/h16,18-19H,1-15H2,(H,20,21). The van der Waals surface area contributed by atoms with E-state index in [1.165, 1.54) is 51.4 Å². The van der Waals surface area contributed by atoms with Gasteiger partial charge in [-0.15, -0.1) is 0 Å². The van der Waals surface area contributed by atoms with Gasteiger partial charge in [0.05, 0.1) is 0 Å². The zero-order valence-electron chi connectivity index (χ0n) is 13.4. The molecule has 0 saturated heterocycles. The Labute approximate surface area is 129 Å². The van der Waals surface area contributed by atoms with Crippen molar-refractivity contribution in [2.75, 3.05) is 6.61 Å². The maximum absolute atomic E-state index is 10.4. The Morgan fingerprint density at radius 1 is 0.667 bits per heavy atom. The van der Waals surface area contributed by atoms with Crippen molar-refractivity contribution in [2.45, 2.75) is 96.0 Å². The fraction of sp³-hybridized carbons (Fsp3) is 0.941. The number of carbonyl (C=O) groups is 1. The largest absolute Gasteiger partial charge is 0.479 e. The van der Waals surface area contributed by atoms with E-state index in [9.17, 15) is 4.79 Å². The van der Waals surface area contributed by atoms with Crippen LogP contribution in [0.1, 0.15) is 89.9 Å². The number of aliphatic hydroxyl groups excluding tert-OH is 2. The van der Waals surface area contributed by atoms with Crippen LogP contribution in [0, 0.1) is 0 Å². The molecular weight excluding hydrogens is 268 g/mol. The SMILES string of the molecule is O=C(O)C(O)CCCCCCCCCCCCCCCO. The lowest BCUT2D eigenvalue weighted by atomic mass is 10.0. The Hall–Kier alpha value is -0.610. The van der Waals surface area contributed by atoms with E-state index in [2.05, 4.69) is 0 Å². The summed E-state index contributed by atoms with van der Waals surface area (Å²) in [5, 5.41) is 26.3. The highest BCUT2D eigenvalue weighted by molar-refractivity contribution is 5.71. The van der Waals surface area contributed by atoms with E-state index in [0.29, 0.717) is 13.0 Å². The molecule has 0 fully saturated rings. The molecule has 4 nitrogen and oxygen atoms in total. The predicted octanol–water partition coefficient (Wildman–Crippen LogP) is 3.89. The molecule has 0 aromatic rings. The molecule has 4 heteroatoms. The second kappa shape index (κ2) is 15.8. The number of carboxylic acids is 1. The molecule has 0 aliphatic heterocycles. The quantitative estimate of drug-likeness (QED) is 0.378. The molecule has 0 radical (unpaired) electrons. The molecule has 0 heterocycles. The van der Waals surface area contributed by atoms with E-state index in [1.807, 2.05) is 0 Å². The first-order chi connectivity index (χ1) is 10.2. The maximum atomic E-state index is 10.4. The molecule has 0 aliphatic rings. The predicted molar refractivity (Wildman–Crippen MR) is 85.4 cm³/mol. The highest BCUT2D eigenvalue weighted by Crippen LogP contribution is 2.13. The van der Waals surface area contributed by atoms with Crippen LogP contribution in [0.15, 0.2) is 0 Å². The third-order valence-electron chi connectivity index (χ3n) is 3.92. The number of aliphatic carboxylic acids is 1. The van der Waals surface area contributed by atoms with Crippen LogP contribution in [0.3, 0.4) is 0 Å². The third-order valence-corrected chi connectivity index (χ3v) is 3.92. The van der Waals surface area contributed by atoms with Crippen molar-refractivity contribution in [2.24, 2.45) is 0 Å². The molecule has 0 aromatic heterocycles. The van der Waals surface area contributed by atoms with Crippen LogP contribution in [0.5, 0.6) is 0 Å². The average Bonchev–Trinajstić information content (AvgIpc) is 2.47. The molecular formula is C17H34O4. The van der Waals surface area contributed by atoms with Gasteiger partial charge in [-0.3, -0.25) is 0 Å². The van der Waals surface area contributed by atoms with Gasteiger partial charge in [0, 0.05) is 6.61 Å². The number of unbranched alkanes of at least 4 members (excludes halogenated alkanes) is 12. The summed E-state index contributed by atoms with van der Waals surface area (Å²) in [6.45, 7) is 0.329. The van der Waals surface area contributed by atoms with Crippen molar-refractivity contribution in [1.82, 2.24) is 0 Å². The summed E-state index contributed by atoms with van der Waals surface area (Å²) < 4.78 is 0. The molecule has 3 N–H and O–H groups in total. The number of aliphatic hydroxyl groups is 2. The Bertz CT molecular complexity index is 231. The molecule has 21 heavy (non-hydrogen) atoms. The highest BCUT2D eigenvalue weighted by atomic mass is 16.4. The average molecular weight is 302 g/mol. The van der Waals surface area contributed by atoms with Gasteiger partial charge in [-0.05, 0) is 12.8 Å². The molecule has 0 saturated carbocycles. The second-order valence-electron chi connectivity index (χ2n) is 5.96. The first kappa shape index (κ1) is 20.4. The summed E-state index contributed by atoms with van der Waals surface area (Å²) in [5.41, 5.74) is 0. The van der Waals surface area contributed by atoms with Crippen LogP contribution in [0.25, 0.3) is 0 Å². The zero-order valence-corrected chi connectivity index (χ0v) is 13.4. The normalized spacial score (nSPS) is 12.5. The second-order valence-corrected chi connectivity index (χ2v) is 5.96. The van der Waals surface area contributed by atoms with Crippen LogP contribution in [-0.2, 0) is 4.79 Å². The molecule has 0 spiro atoms. The van der Waals surface area contributed by atoms with Crippen molar-refractivity contribution >= 4 is 5.97 Å². The van der Waals surface area contributed by atoms with Gasteiger partial charge in [0.25, 0.3) is 0 Å². The van der Waals surface area contributed by atoms with Gasteiger partial charge in [0.15, 0.2) is 6.10 Å².